The maximum Gasteiger partial charge on any atom is 0.434 e. The molecule has 0 spiro atoms. The highest BCUT2D eigenvalue weighted by molar-refractivity contribution is 6.30. The van der Waals surface area contributed by atoms with Gasteiger partial charge in [0.15, 0.2) is 5.69 Å². The van der Waals surface area contributed by atoms with E-state index in [0.717, 1.165) is 18.3 Å². The quantitative estimate of drug-likeness (QED) is 0.438. The second kappa shape index (κ2) is 8.44. The number of hydrogen-bond donors (Lipinski definition) is 1. The number of nitrogens with one attached hydrogen (secondary N) is 1. The van der Waals surface area contributed by atoms with Crippen LogP contribution in [0.1, 0.15) is 21.6 Å². The van der Waals surface area contributed by atoms with Crippen molar-refractivity contribution in [2.75, 3.05) is 5.32 Å². The summed E-state index contributed by atoms with van der Waals surface area (Å²) in [4.78, 5) is 19.3. The third-order valence-electron chi connectivity index (χ3n) is 3.66. The van der Waals surface area contributed by atoms with Gasteiger partial charge in [-0.05, 0) is 42.0 Å². The molecule has 0 saturated heterocycles. The molecular weight excluding hydrogens is 414 g/mol. The monoisotopic (exact) mass is 425 g/mol. The van der Waals surface area contributed by atoms with E-state index in [2.05, 4.69) is 15.3 Å². The third-order valence-corrected chi connectivity index (χ3v) is 3.91. The average Bonchev–Trinajstić information content (AvgIpc) is 2.68. The summed E-state index contributed by atoms with van der Waals surface area (Å²) >= 11 is 5.75. The van der Waals surface area contributed by atoms with Gasteiger partial charge >= 0.3 is 12.1 Å². The van der Waals surface area contributed by atoms with Crippen LogP contribution in [-0.4, -0.2) is 15.9 Å². The number of halogens is 5. The molecule has 0 aliphatic carbocycles. The van der Waals surface area contributed by atoms with Gasteiger partial charge in [0.2, 0.25) is 5.95 Å². The fraction of sp³-hybridized carbons (Fsp3) is 0.105. The number of esters is 1. The Labute approximate surface area is 167 Å². The maximum absolute atomic E-state index is 13.4. The van der Waals surface area contributed by atoms with Crippen molar-refractivity contribution in [3.05, 3.63) is 82.4 Å². The summed E-state index contributed by atoms with van der Waals surface area (Å²) in [5, 5.41) is 2.99. The molecule has 0 aliphatic rings. The SMILES string of the molecule is O=C(OCc1ccc(Cl)cc1)c1cnc(Nc2ccc(F)cc2)nc1C(F)(F)F. The minimum absolute atomic E-state index is 0.247. The number of alkyl halides is 3. The summed E-state index contributed by atoms with van der Waals surface area (Å²) in [5.74, 6) is -2.13. The zero-order valence-corrected chi connectivity index (χ0v) is 15.3. The van der Waals surface area contributed by atoms with E-state index in [-0.39, 0.29) is 12.3 Å². The lowest BCUT2D eigenvalue weighted by Crippen LogP contribution is -2.19. The second-order valence-corrected chi connectivity index (χ2v) is 6.22. The molecule has 0 amide bonds. The molecule has 0 saturated carbocycles. The fourth-order valence-electron chi connectivity index (χ4n) is 2.28. The summed E-state index contributed by atoms with van der Waals surface area (Å²) in [6.07, 6.45) is -4.19. The lowest BCUT2D eigenvalue weighted by molar-refractivity contribution is -0.141. The smallest absolute Gasteiger partial charge is 0.434 e. The number of ether oxygens (including phenoxy) is 1. The van der Waals surface area contributed by atoms with Crippen molar-refractivity contribution in [3.8, 4) is 0 Å². The lowest BCUT2D eigenvalue weighted by Gasteiger charge is -2.13. The molecule has 5 nitrogen and oxygen atoms in total. The molecule has 0 radical (unpaired) electrons. The Hall–Kier alpha value is -3.20. The molecule has 0 atom stereocenters. The van der Waals surface area contributed by atoms with Gasteiger partial charge in [-0.1, -0.05) is 23.7 Å². The lowest BCUT2D eigenvalue weighted by atomic mass is 10.2. The molecule has 1 N–H and O–H groups in total. The zero-order chi connectivity index (χ0) is 21.0. The van der Waals surface area contributed by atoms with Gasteiger partial charge in [-0.2, -0.15) is 13.2 Å². The molecule has 29 heavy (non-hydrogen) atoms. The van der Waals surface area contributed by atoms with Gasteiger partial charge in [0.1, 0.15) is 18.0 Å². The van der Waals surface area contributed by atoms with Gasteiger partial charge in [-0.15, -0.1) is 0 Å². The molecule has 2 aromatic carbocycles. The Kier molecular flexibility index (Phi) is 5.97. The van der Waals surface area contributed by atoms with E-state index in [0.29, 0.717) is 10.6 Å². The van der Waals surface area contributed by atoms with Crippen molar-refractivity contribution < 1.29 is 27.1 Å². The van der Waals surface area contributed by atoms with Crippen molar-refractivity contribution >= 4 is 29.2 Å². The Morgan fingerprint density at radius 1 is 1.07 bits per heavy atom. The zero-order valence-electron chi connectivity index (χ0n) is 14.5. The molecule has 1 aromatic heterocycles. The van der Waals surface area contributed by atoms with Gasteiger partial charge in [0.05, 0.1) is 0 Å². The molecular formula is C19H12ClF4N3O2. The average molecular weight is 426 g/mol. The number of rotatable bonds is 5. The molecule has 3 rings (SSSR count). The van der Waals surface area contributed by atoms with E-state index in [1.165, 1.54) is 12.1 Å². The minimum Gasteiger partial charge on any atom is -0.457 e. The van der Waals surface area contributed by atoms with E-state index < -0.39 is 35.2 Å². The van der Waals surface area contributed by atoms with Crippen molar-refractivity contribution in [3.63, 3.8) is 0 Å². The highest BCUT2D eigenvalue weighted by Crippen LogP contribution is 2.31. The Morgan fingerprint density at radius 3 is 2.34 bits per heavy atom. The van der Waals surface area contributed by atoms with E-state index in [4.69, 9.17) is 16.3 Å². The molecule has 0 fully saturated rings. The molecule has 10 heteroatoms. The van der Waals surface area contributed by atoms with Crippen LogP contribution in [0, 0.1) is 5.82 Å². The van der Waals surface area contributed by atoms with Crippen LogP contribution in [0.5, 0.6) is 0 Å². The van der Waals surface area contributed by atoms with Crippen LogP contribution >= 0.6 is 11.6 Å². The van der Waals surface area contributed by atoms with Crippen molar-refractivity contribution in [2.45, 2.75) is 12.8 Å². The summed E-state index contributed by atoms with van der Waals surface area (Å²) < 4.78 is 58.1. The van der Waals surface area contributed by atoms with Gasteiger partial charge in [0.25, 0.3) is 0 Å². The number of benzene rings is 2. The Balaban J connectivity index is 1.80. The highest BCUT2D eigenvalue weighted by Gasteiger charge is 2.38. The van der Waals surface area contributed by atoms with E-state index in [1.807, 2.05) is 0 Å². The third kappa shape index (κ3) is 5.41. The second-order valence-electron chi connectivity index (χ2n) is 5.79. The van der Waals surface area contributed by atoms with Crippen molar-refractivity contribution in [1.29, 1.82) is 0 Å². The van der Waals surface area contributed by atoms with Crippen LogP contribution in [0.4, 0.5) is 29.2 Å². The normalized spacial score (nSPS) is 11.2. The van der Waals surface area contributed by atoms with Gasteiger partial charge < -0.3 is 10.1 Å². The van der Waals surface area contributed by atoms with Gasteiger partial charge in [-0.25, -0.2) is 19.2 Å². The van der Waals surface area contributed by atoms with Crippen molar-refractivity contribution in [1.82, 2.24) is 9.97 Å². The van der Waals surface area contributed by atoms with Crippen LogP contribution in [0.3, 0.4) is 0 Å². The largest absolute Gasteiger partial charge is 0.457 e. The van der Waals surface area contributed by atoms with Crippen LogP contribution in [0.15, 0.2) is 54.7 Å². The number of anilines is 2. The van der Waals surface area contributed by atoms with Crippen LogP contribution < -0.4 is 5.32 Å². The summed E-state index contributed by atoms with van der Waals surface area (Å²) in [5.41, 5.74) is -1.45. The van der Waals surface area contributed by atoms with Crippen LogP contribution in [-0.2, 0) is 17.5 Å². The number of nitrogens with zero attached hydrogens (tertiary/aromatic N) is 2. The number of aromatic nitrogens is 2. The predicted octanol–water partition coefficient (Wildman–Crippen LogP) is 5.39. The summed E-state index contributed by atoms with van der Waals surface area (Å²) in [6.45, 7) is -0.247. The number of hydrogen-bond acceptors (Lipinski definition) is 5. The molecule has 0 aliphatic heterocycles. The minimum atomic E-state index is -4.92. The van der Waals surface area contributed by atoms with E-state index >= 15 is 0 Å². The Morgan fingerprint density at radius 2 is 1.72 bits per heavy atom. The molecule has 150 valence electrons. The van der Waals surface area contributed by atoms with Gasteiger partial charge in [-0.3, -0.25) is 0 Å². The highest BCUT2D eigenvalue weighted by atomic mass is 35.5. The van der Waals surface area contributed by atoms with Crippen LogP contribution in [0.2, 0.25) is 5.02 Å². The summed E-state index contributed by atoms with van der Waals surface area (Å²) in [6, 6.07) is 11.1. The van der Waals surface area contributed by atoms with E-state index in [1.54, 1.807) is 24.3 Å². The van der Waals surface area contributed by atoms with Crippen molar-refractivity contribution in [2.24, 2.45) is 0 Å². The molecule has 0 unspecified atom stereocenters. The first-order valence-electron chi connectivity index (χ1n) is 8.11. The Bertz CT molecular complexity index is 1010. The first-order chi connectivity index (χ1) is 13.7. The first-order valence-corrected chi connectivity index (χ1v) is 8.48. The van der Waals surface area contributed by atoms with Crippen LogP contribution in [0.25, 0.3) is 0 Å². The molecule has 1 heterocycles. The first kappa shape index (κ1) is 20.5. The number of carbonyl (C=O) groups is 1. The van der Waals surface area contributed by atoms with E-state index in [9.17, 15) is 22.4 Å². The fourth-order valence-corrected chi connectivity index (χ4v) is 2.40. The summed E-state index contributed by atoms with van der Waals surface area (Å²) in [7, 11) is 0. The van der Waals surface area contributed by atoms with Gasteiger partial charge in [0, 0.05) is 16.9 Å². The topological polar surface area (TPSA) is 64.1 Å². The molecule has 3 aromatic rings. The maximum atomic E-state index is 13.4. The predicted molar refractivity (Wildman–Crippen MR) is 97.3 cm³/mol. The number of carbonyl (C=O) groups excluding carboxylic acids is 1. The molecule has 0 bridgehead atoms. The standard InChI is InChI=1S/C19H12ClF4N3O2/c20-12-3-1-11(2-4-12)10-29-17(28)15-9-25-18(27-16(15)19(22,23)24)26-14-7-5-13(21)6-8-14/h1-9H,10H2,(H,25,26,27).